The maximum Gasteiger partial charge on any atom is 0.0510 e. The molecule has 0 aromatic heterocycles. The van der Waals surface area contributed by atoms with E-state index < -0.39 is 0 Å². The SMILES string of the molecule is FNCc1ccc(Br)cc1. The lowest BCUT2D eigenvalue weighted by Gasteiger charge is -1.95. The van der Waals surface area contributed by atoms with E-state index in [9.17, 15) is 4.48 Å². The second-order valence-electron chi connectivity index (χ2n) is 1.94. The Morgan fingerprint density at radius 2 is 1.90 bits per heavy atom. The third kappa shape index (κ3) is 2.08. The van der Waals surface area contributed by atoms with Gasteiger partial charge in [-0.2, -0.15) is 5.54 Å². The van der Waals surface area contributed by atoms with Crippen molar-refractivity contribution >= 4 is 15.9 Å². The molecular weight excluding hydrogens is 197 g/mol. The quantitative estimate of drug-likeness (QED) is 0.729. The zero-order chi connectivity index (χ0) is 7.40. The smallest absolute Gasteiger partial charge is 0.0510 e. The molecule has 10 heavy (non-hydrogen) atoms. The maximum absolute atomic E-state index is 11.5. The Labute approximate surface area is 67.3 Å². The fourth-order valence-corrected chi connectivity index (χ4v) is 0.944. The van der Waals surface area contributed by atoms with Gasteiger partial charge in [0, 0.05) is 4.47 Å². The molecule has 1 aromatic rings. The van der Waals surface area contributed by atoms with Gasteiger partial charge >= 0.3 is 0 Å². The van der Waals surface area contributed by atoms with Crippen LogP contribution in [0, 0.1) is 0 Å². The summed E-state index contributed by atoms with van der Waals surface area (Å²) in [5, 5.41) is 0. The second kappa shape index (κ2) is 3.68. The second-order valence-corrected chi connectivity index (χ2v) is 2.85. The lowest BCUT2D eigenvalue weighted by molar-refractivity contribution is 0.330. The lowest BCUT2D eigenvalue weighted by Crippen LogP contribution is -1.98. The molecule has 0 heterocycles. The van der Waals surface area contributed by atoms with Crippen LogP contribution >= 0.6 is 15.9 Å². The van der Waals surface area contributed by atoms with Crippen LogP contribution in [0.4, 0.5) is 4.48 Å². The van der Waals surface area contributed by atoms with Gasteiger partial charge in [-0.25, -0.2) is 0 Å². The van der Waals surface area contributed by atoms with Crippen LogP contribution in [0.3, 0.4) is 0 Å². The van der Waals surface area contributed by atoms with E-state index in [2.05, 4.69) is 15.9 Å². The van der Waals surface area contributed by atoms with Crippen molar-refractivity contribution < 1.29 is 4.48 Å². The van der Waals surface area contributed by atoms with Crippen molar-refractivity contribution in [3.8, 4) is 0 Å². The third-order valence-corrected chi connectivity index (χ3v) is 1.71. The number of halogens is 2. The largest absolute Gasteiger partial charge is 0.155 e. The summed E-state index contributed by atoms with van der Waals surface area (Å²) in [6, 6.07) is 7.48. The molecule has 0 radical (unpaired) electrons. The zero-order valence-corrected chi connectivity index (χ0v) is 6.86. The minimum atomic E-state index is 0.271. The van der Waals surface area contributed by atoms with Gasteiger partial charge in [-0.1, -0.05) is 28.1 Å². The summed E-state index contributed by atoms with van der Waals surface area (Å²) in [4.78, 5) is 0. The fraction of sp³-hybridized carbons (Fsp3) is 0.143. The molecule has 0 unspecified atom stereocenters. The van der Waals surface area contributed by atoms with Crippen LogP contribution in [-0.2, 0) is 6.54 Å². The molecule has 0 amide bonds. The molecule has 0 bridgehead atoms. The maximum atomic E-state index is 11.5. The first-order chi connectivity index (χ1) is 4.83. The first-order valence-corrected chi connectivity index (χ1v) is 3.70. The highest BCUT2D eigenvalue weighted by atomic mass is 79.9. The van der Waals surface area contributed by atoms with Crippen LogP contribution in [0.5, 0.6) is 0 Å². The van der Waals surface area contributed by atoms with Crippen LogP contribution in [0.2, 0.25) is 0 Å². The van der Waals surface area contributed by atoms with E-state index in [-0.39, 0.29) is 6.54 Å². The van der Waals surface area contributed by atoms with E-state index >= 15 is 0 Å². The Kier molecular flexibility index (Phi) is 2.83. The zero-order valence-electron chi connectivity index (χ0n) is 5.27. The molecule has 0 saturated carbocycles. The van der Waals surface area contributed by atoms with Crippen molar-refractivity contribution in [2.24, 2.45) is 0 Å². The Balaban J connectivity index is 2.69. The van der Waals surface area contributed by atoms with Gasteiger partial charge in [-0.05, 0) is 17.7 Å². The molecule has 0 aliphatic rings. The minimum Gasteiger partial charge on any atom is -0.155 e. The van der Waals surface area contributed by atoms with E-state index in [1.54, 1.807) is 5.54 Å². The van der Waals surface area contributed by atoms with Crippen molar-refractivity contribution in [1.82, 2.24) is 5.54 Å². The summed E-state index contributed by atoms with van der Waals surface area (Å²) in [7, 11) is 0. The van der Waals surface area contributed by atoms with E-state index in [0.717, 1.165) is 10.0 Å². The summed E-state index contributed by atoms with van der Waals surface area (Å²) in [5.74, 6) is 0. The number of nitrogens with one attached hydrogen (secondary N) is 1. The molecule has 0 fully saturated rings. The van der Waals surface area contributed by atoms with Crippen molar-refractivity contribution in [1.29, 1.82) is 0 Å². The average molecular weight is 204 g/mol. The van der Waals surface area contributed by atoms with Crippen LogP contribution in [0.1, 0.15) is 5.56 Å². The summed E-state index contributed by atoms with van der Waals surface area (Å²) in [6.45, 7) is 0.271. The van der Waals surface area contributed by atoms with Crippen LogP contribution in [0.15, 0.2) is 28.7 Å². The van der Waals surface area contributed by atoms with Gasteiger partial charge in [0.1, 0.15) is 0 Å². The molecule has 1 aromatic carbocycles. The van der Waals surface area contributed by atoms with Gasteiger partial charge in [0.05, 0.1) is 6.54 Å². The van der Waals surface area contributed by atoms with Crippen molar-refractivity contribution in [3.63, 3.8) is 0 Å². The molecule has 1 nitrogen and oxygen atoms in total. The van der Waals surface area contributed by atoms with Crippen molar-refractivity contribution in [2.45, 2.75) is 6.54 Å². The average Bonchev–Trinajstić information content (AvgIpc) is 1.95. The molecule has 0 aliphatic heterocycles. The molecule has 0 aliphatic carbocycles. The van der Waals surface area contributed by atoms with Gasteiger partial charge in [0.15, 0.2) is 0 Å². The Bertz CT molecular complexity index is 197. The highest BCUT2D eigenvalue weighted by Gasteiger charge is 1.89. The van der Waals surface area contributed by atoms with E-state index in [1.165, 1.54) is 0 Å². The van der Waals surface area contributed by atoms with Gasteiger partial charge in [0.2, 0.25) is 0 Å². The summed E-state index contributed by atoms with van der Waals surface area (Å²) < 4.78 is 12.5. The standard InChI is InChI=1S/C7H7BrFN/c8-7-3-1-6(2-4-7)5-10-9/h1-4,10H,5H2. The predicted molar refractivity (Wildman–Crippen MR) is 42.1 cm³/mol. The van der Waals surface area contributed by atoms with E-state index in [0.29, 0.717) is 0 Å². The van der Waals surface area contributed by atoms with E-state index in [4.69, 9.17) is 0 Å². The molecule has 3 heteroatoms. The lowest BCUT2D eigenvalue weighted by atomic mass is 10.2. The Hall–Kier alpha value is -0.410. The van der Waals surface area contributed by atoms with Crippen LogP contribution < -0.4 is 5.54 Å². The molecule has 54 valence electrons. The predicted octanol–water partition coefficient (Wildman–Crippen LogP) is 2.42. The Morgan fingerprint density at radius 3 is 2.40 bits per heavy atom. The Morgan fingerprint density at radius 1 is 1.30 bits per heavy atom. The van der Waals surface area contributed by atoms with Gasteiger partial charge in [0.25, 0.3) is 0 Å². The summed E-state index contributed by atoms with van der Waals surface area (Å²) in [5.41, 5.74) is 2.52. The molecule has 0 spiro atoms. The van der Waals surface area contributed by atoms with Gasteiger partial charge < -0.3 is 0 Å². The van der Waals surface area contributed by atoms with Gasteiger partial charge in [-0.15, -0.1) is 4.48 Å². The number of hydrogen-bond acceptors (Lipinski definition) is 1. The highest BCUT2D eigenvalue weighted by Crippen LogP contribution is 2.09. The topological polar surface area (TPSA) is 12.0 Å². The summed E-state index contributed by atoms with van der Waals surface area (Å²) in [6.07, 6.45) is 0. The molecule has 1 N–H and O–H groups in total. The fourth-order valence-electron chi connectivity index (χ4n) is 0.679. The number of rotatable bonds is 2. The first-order valence-electron chi connectivity index (χ1n) is 2.91. The third-order valence-electron chi connectivity index (χ3n) is 1.18. The van der Waals surface area contributed by atoms with Crippen LogP contribution in [-0.4, -0.2) is 0 Å². The van der Waals surface area contributed by atoms with Gasteiger partial charge in [-0.3, -0.25) is 0 Å². The normalized spacial score (nSPS) is 9.80. The molecule has 0 saturated heterocycles. The minimum absolute atomic E-state index is 0.271. The van der Waals surface area contributed by atoms with E-state index in [1.807, 2.05) is 24.3 Å². The van der Waals surface area contributed by atoms with Crippen molar-refractivity contribution in [2.75, 3.05) is 0 Å². The molecule has 1 rings (SSSR count). The molecule has 0 atom stereocenters. The van der Waals surface area contributed by atoms with Crippen molar-refractivity contribution in [3.05, 3.63) is 34.3 Å². The van der Waals surface area contributed by atoms with Crippen LogP contribution in [0.25, 0.3) is 0 Å². The number of hydrogen-bond donors (Lipinski definition) is 1. The number of benzene rings is 1. The first kappa shape index (κ1) is 7.69. The highest BCUT2D eigenvalue weighted by molar-refractivity contribution is 9.10. The molecular formula is C7H7BrFN. The summed E-state index contributed by atoms with van der Waals surface area (Å²) >= 11 is 3.28. The monoisotopic (exact) mass is 203 g/mol.